The summed E-state index contributed by atoms with van der Waals surface area (Å²) in [7, 11) is 0. The second kappa shape index (κ2) is 4.48. The van der Waals surface area contributed by atoms with Crippen molar-refractivity contribution >= 4 is 33.2 Å². The molecule has 2 heterocycles. The molecular formula is C12H9F3N4S. The molecule has 0 aliphatic rings. The molecule has 3 aromatic rings. The van der Waals surface area contributed by atoms with E-state index in [9.17, 15) is 13.2 Å². The van der Waals surface area contributed by atoms with E-state index in [4.69, 9.17) is 0 Å². The number of hydrogen-bond acceptors (Lipinski definition) is 4. The highest BCUT2D eigenvalue weighted by molar-refractivity contribution is 7.13. The number of nitrogens with zero attached hydrogens (tertiary/aromatic N) is 2. The van der Waals surface area contributed by atoms with Crippen molar-refractivity contribution in [2.24, 2.45) is 0 Å². The number of nitrogens with one attached hydrogen (secondary N) is 2. The number of anilines is 2. The molecule has 20 heavy (non-hydrogen) atoms. The van der Waals surface area contributed by atoms with E-state index in [1.54, 1.807) is 0 Å². The summed E-state index contributed by atoms with van der Waals surface area (Å²) in [6, 6.07) is 3.46. The standard InChI is InChI=1S/C12H9F3N4S/c1-6-5-20-11(16-6)17-10-8-4-7(12(13,14)15)2-3-9(8)18-19-10/h2-5H,1H3,(H2,16,17,18,19). The molecule has 0 amide bonds. The molecule has 0 unspecified atom stereocenters. The molecule has 0 aliphatic heterocycles. The van der Waals surface area contributed by atoms with E-state index >= 15 is 0 Å². The zero-order valence-corrected chi connectivity index (χ0v) is 11.1. The third-order valence-electron chi connectivity index (χ3n) is 2.73. The fourth-order valence-electron chi connectivity index (χ4n) is 1.80. The smallest absolute Gasteiger partial charge is 0.314 e. The van der Waals surface area contributed by atoms with Gasteiger partial charge in [-0.1, -0.05) is 0 Å². The van der Waals surface area contributed by atoms with Crippen LogP contribution < -0.4 is 5.32 Å². The Balaban J connectivity index is 2.03. The summed E-state index contributed by atoms with van der Waals surface area (Å²) in [6.07, 6.45) is -4.37. The van der Waals surface area contributed by atoms with E-state index in [2.05, 4.69) is 20.5 Å². The van der Waals surface area contributed by atoms with Crippen molar-refractivity contribution < 1.29 is 13.2 Å². The summed E-state index contributed by atoms with van der Waals surface area (Å²) in [5.74, 6) is 0.334. The van der Waals surface area contributed by atoms with Crippen LogP contribution in [0.15, 0.2) is 23.6 Å². The highest BCUT2D eigenvalue weighted by atomic mass is 32.1. The number of fused-ring (bicyclic) bond motifs is 1. The van der Waals surface area contributed by atoms with Crippen molar-refractivity contribution in [3.8, 4) is 0 Å². The number of thiazole rings is 1. The van der Waals surface area contributed by atoms with Gasteiger partial charge in [0.2, 0.25) is 0 Å². The highest BCUT2D eigenvalue weighted by Crippen LogP contribution is 2.33. The molecule has 1 aromatic carbocycles. The largest absolute Gasteiger partial charge is 0.416 e. The fourth-order valence-corrected chi connectivity index (χ4v) is 2.49. The molecule has 2 N–H and O–H groups in total. The van der Waals surface area contributed by atoms with Gasteiger partial charge in [0.05, 0.1) is 16.8 Å². The summed E-state index contributed by atoms with van der Waals surface area (Å²) in [4.78, 5) is 4.19. The maximum absolute atomic E-state index is 12.7. The van der Waals surface area contributed by atoms with Crippen LogP contribution in [-0.4, -0.2) is 15.2 Å². The first-order valence-corrected chi connectivity index (χ1v) is 6.56. The zero-order chi connectivity index (χ0) is 14.3. The van der Waals surface area contributed by atoms with E-state index in [1.807, 2.05) is 12.3 Å². The normalized spacial score (nSPS) is 12.0. The predicted molar refractivity (Wildman–Crippen MR) is 71.2 cm³/mol. The molecular weight excluding hydrogens is 289 g/mol. The highest BCUT2D eigenvalue weighted by Gasteiger charge is 2.30. The Morgan fingerprint density at radius 3 is 2.75 bits per heavy atom. The fraction of sp³-hybridized carbons (Fsp3) is 0.167. The minimum Gasteiger partial charge on any atom is -0.314 e. The van der Waals surface area contributed by atoms with Gasteiger partial charge in [-0.05, 0) is 25.1 Å². The second-order valence-corrected chi connectivity index (χ2v) is 5.11. The van der Waals surface area contributed by atoms with Crippen molar-refractivity contribution in [3.63, 3.8) is 0 Å². The van der Waals surface area contributed by atoms with E-state index in [-0.39, 0.29) is 0 Å². The lowest BCUT2D eigenvalue weighted by molar-refractivity contribution is -0.137. The SMILES string of the molecule is Cc1csc(Nc2n[nH]c3ccc(C(F)(F)F)cc23)n1. The van der Waals surface area contributed by atoms with Crippen LogP contribution in [-0.2, 0) is 6.18 Å². The lowest BCUT2D eigenvalue weighted by atomic mass is 10.1. The molecule has 0 saturated heterocycles. The molecule has 4 nitrogen and oxygen atoms in total. The van der Waals surface area contributed by atoms with Gasteiger partial charge < -0.3 is 5.32 Å². The predicted octanol–water partition coefficient (Wildman–Crippen LogP) is 4.09. The number of aromatic nitrogens is 3. The second-order valence-electron chi connectivity index (χ2n) is 4.25. The van der Waals surface area contributed by atoms with E-state index in [0.717, 1.165) is 17.8 Å². The van der Waals surface area contributed by atoms with Crippen LogP contribution in [0.25, 0.3) is 10.9 Å². The molecule has 0 saturated carbocycles. The number of aromatic amines is 1. The average molecular weight is 298 g/mol. The van der Waals surface area contributed by atoms with Gasteiger partial charge in [-0.3, -0.25) is 5.10 Å². The zero-order valence-electron chi connectivity index (χ0n) is 10.2. The molecule has 8 heteroatoms. The number of halogens is 3. The number of rotatable bonds is 2. The van der Waals surface area contributed by atoms with Crippen molar-refractivity contribution in [1.82, 2.24) is 15.2 Å². The Morgan fingerprint density at radius 2 is 2.10 bits per heavy atom. The van der Waals surface area contributed by atoms with Crippen LogP contribution in [0.2, 0.25) is 0 Å². The van der Waals surface area contributed by atoms with Crippen LogP contribution >= 0.6 is 11.3 Å². The lowest BCUT2D eigenvalue weighted by Crippen LogP contribution is -2.04. The van der Waals surface area contributed by atoms with Gasteiger partial charge in [-0.2, -0.15) is 18.3 Å². The Labute approximate surface area is 115 Å². The Hall–Kier alpha value is -2.09. The number of hydrogen-bond donors (Lipinski definition) is 2. The third kappa shape index (κ3) is 2.34. The lowest BCUT2D eigenvalue weighted by Gasteiger charge is -2.06. The first kappa shape index (κ1) is 12.9. The molecule has 0 atom stereocenters. The van der Waals surface area contributed by atoms with Crippen LogP contribution in [0, 0.1) is 6.92 Å². The Bertz CT molecular complexity index is 759. The van der Waals surface area contributed by atoms with Crippen molar-refractivity contribution in [2.45, 2.75) is 13.1 Å². The monoisotopic (exact) mass is 298 g/mol. The number of alkyl halides is 3. The topological polar surface area (TPSA) is 53.6 Å². The molecule has 0 bridgehead atoms. The van der Waals surface area contributed by atoms with Gasteiger partial charge >= 0.3 is 6.18 Å². The van der Waals surface area contributed by atoms with Crippen molar-refractivity contribution in [3.05, 3.63) is 34.8 Å². The van der Waals surface area contributed by atoms with Crippen molar-refractivity contribution in [2.75, 3.05) is 5.32 Å². The number of H-pyrrole nitrogens is 1. The molecule has 2 aromatic heterocycles. The van der Waals surface area contributed by atoms with Gasteiger partial charge in [-0.25, -0.2) is 4.98 Å². The Kier molecular flexibility index (Phi) is 2.89. The van der Waals surface area contributed by atoms with Crippen LogP contribution in [0.5, 0.6) is 0 Å². The molecule has 0 spiro atoms. The molecule has 3 rings (SSSR count). The molecule has 0 radical (unpaired) electrons. The summed E-state index contributed by atoms with van der Waals surface area (Å²) in [6.45, 7) is 1.84. The minimum atomic E-state index is -4.37. The van der Waals surface area contributed by atoms with Gasteiger partial charge in [-0.15, -0.1) is 11.3 Å². The molecule has 0 fully saturated rings. The van der Waals surface area contributed by atoms with E-state index in [1.165, 1.54) is 17.4 Å². The average Bonchev–Trinajstić information content (AvgIpc) is 2.95. The quantitative estimate of drug-likeness (QED) is 0.749. The summed E-state index contributed by atoms with van der Waals surface area (Å²) < 4.78 is 38.2. The van der Waals surface area contributed by atoms with Gasteiger partial charge in [0.1, 0.15) is 0 Å². The summed E-state index contributed by atoms with van der Waals surface area (Å²) in [5, 5.41) is 12.4. The maximum Gasteiger partial charge on any atom is 0.416 e. The van der Waals surface area contributed by atoms with Crippen LogP contribution in [0.4, 0.5) is 24.1 Å². The number of benzene rings is 1. The molecule has 104 valence electrons. The third-order valence-corrected chi connectivity index (χ3v) is 3.61. The van der Waals surface area contributed by atoms with Gasteiger partial charge in [0.15, 0.2) is 10.9 Å². The Morgan fingerprint density at radius 1 is 1.30 bits per heavy atom. The first-order valence-electron chi connectivity index (χ1n) is 5.68. The molecule has 0 aliphatic carbocycles. The number of aryl methyl sites for hydroxylation is 1. The van der Waals surface area contributed by atoms with Crippen LogP contribution in [0.1, 0.15) is 11.3 Å². The summed E-state index contributed by atoms with van der Waals surface area (Å²) in [5.41, 5.74) is 0.673. The van der Waals surface area contributed by atoms with E-state index in [0.29, 0.717) is 21.9 Å². The van der Waals surface area contributed by atoms with E-state index < -0.39 is 11.7 Å². The summed E-state index contributed by atoms with van der Waals surface area (Å²) >= 11 is 1.37. The van der Waals surface area contributed by atoms with Gasteiger partial charge in [0, 0.05) is 10.8 Å². The van der Waals surface area contributed by atoms with Crippen molar-refractivity contribution in [1.29, 1.82) is 0 Å². The minimum absolute atomic E-state index is 0.334. The van der Waals surface area contributed by atoms with Crippen LogP contribution in [0.3, 0.4) is 0 Å². The van der Waals surface area contributed by atoms with Gasteiger partial charge in [0.25, 0.3) is 0 Å². The maximum atomic E-state index is 12.7. The first-order chi connectivity index (χ1) is 9.43.